The third kappa shape index (κ3) is 4.45. The largest absolute Gasteiger partial charge is 0.294 e. The lowest BCUT2D eigenvalue weighted by Crippen LogP contribution is -2.29. The second kappa shape index (κ2) is 7.01. The van der Waals surface area contributed by atoms with Crippen molar-refractivity contribution in [2.45, 2.75) is 39.0 Å². The molecule has 1 amide bonds. The van der Waals surface area contributed by atoms with Gasteiger partial charge in [-0.1, -0.05) is 37.6 Å². The number of rotatable bonds is 6. The summed E-state index contributed by atoms with van der Waals surface area (Å²) in [7, 11) is 0. The molecule has 0 aliphatic carbocycles. The molecule has 0 spiro atoms. The summed E-state index contributed by atoms with van der Waals surface area (Å²) in [6.45, 7) is 2.18. The minimum atomic E-state index is -0.0948. The van der Waals surface area contributed by atoms with Crippen LogP contribution < -0.4 is 11.3 Å². The first-order valence-corrected chi connectivity index (χ1v) is 5.83. The second-order valence-electron chi connectivity index (χ2n) is 3.99. The van der Waals surface area contributed by atoms with E-state index in [1.165, 1.54) is 17.5 Å². The van der Waals surface area contributed by atoms with E-state index in [1.54, 1.807) is 0 Å². The molecule has 1 aromatic rings. The second-order valence-corrected chi connectivity index (χ2v) is 3.99. The van der Waals surface area contributed by atoms with Gasteiger partial charge in [-0.05, 0) is 30.4 Å². The number of hydrazine groups is 1. The zero-order valence-electron chi connectivity index (χ0n) is 9.83. The van der Waals surface area contributed by atoms with Crippen LogP contribution >= 0.6 is 0 Å². The Kier molecular flexibility index (Phi) is 5.57. The number of benzene rings is 1. The Morgan fingerprint density at radius 2 is 1.75 bits per heavy atom. The van der Waals surface area contributed by atoms with Crippen LogP contribution in [0.3, 0.4) is 0 Å². The van der Waals surface area contributed by atoms with Gasteiger partial charge in [0.05, 0.1) is 0 Å². The molecule has 0 aliphatic heterocycles. The molecule has 3 nitrogen and oxygen atoms in total. The van der Waals surface area contributed by atoms with Crippen LogP contribution in [0.2, 0.25) is 0 Å². The van der Waals surface area contributed by atoms with E-state index in [9.17, 15) is 4.79 Å². The highest BCUT2D eigenvalue weighted by Crippen LogP contribution is 2.09. The zero-order chi connectivity index (χ0) is 11.8. The molecule has 0 heterocycles. The van der Waals surface area contributed by atoms with Gasteiger partial charge in [0.2, 0.25) is 5.91 Å². The van der Waals surface area contributed by atoms with Gasteiger partial charge < -0.3 is 0 Å². The quantitative estimate of drug-likeness (QED) is 0.437. The molecule has 3 N–H and O–H groups in total. The molecule has 0 saturated heterocycles. The smallest absolute Gasteiger partial charge is 0.233 e. The van der Waals surface area contributed by atoms with E-state index >= 15 is 0 Å². The summed E-state index contributed by atoms with van der Waals surface area (Å²) >= 11 is 0. The number of carbonyl (C=O) groups excluding carboxylic acids is 1. The van der Waals surface area contributed by atoms with Crippen molar-refractivity contribution in [3.05, 3.63) is 35.4 Å². The fourth-order valence-electron chi connectivity index (χ4n) is 1.69. The number of nitrogens with one attached hydrogen (secondary N) is 1. The van der Waals surface area contributed by atoms with E-state index in [2.05, 4.69) is 36.6 Å². The molecule has 1 rings (SSSR count). The fourth-order valence-corrected chi connectivity index (χ4v) is 1.69. The lowest BCUT2D eigenvalue weighted by molar-refractivity contribution is -0.121. The maximum Gasteiger partial charge on any atom is 0.233 e. The Labute approximate surface area is 97.0 Å². The minimum Gasteiger partial charge on any atom is -0.294 e. The topological polar surface area (TPSA) is 55.1 Å². The molecule has 1 aromatic carbocycles. The summed E-state index contributed by atoms with van der Waals surface area (Å²) in [5, 5.41) is 0. The molecule has 0 bridgehead atoms. The molecule has 0 fully saturated rings. The Balaban J connectivity index is 2.34. The summed E-state index contributed by atoms with van der Waals surface area (Å²) in [6.07, 6.45) is 4.58. The van der Waals surface area contributed by atoms with Crippen molar-refractivity contribution in [1.29, 1.82) is 0 Å². The Morgan fingerprint density at radius 3 is 2.25 bits per heavy atom. The first kappa shape index (κ1) is 12.7. The van der Waals surface area contributed by atoms with Crippen molar-refractivity contribution >= 4 is 5.91 Å². The number of hydrogen-bond acceptors (Lipinski definition) is 2. The fraction of sp³-hybridized carbons (Fsp3) is 0.462. The van der Waals surface area contributed by atoms with E-state index < -0.39 is 0 Å². The molecule has 16 heavy (non-hydrogen) atoms. The Bertz CT molecular complexity index is 319. The third-order valence-electron chi connectivity index (χ3n) is 2.59. The standard InChI is InChI=1S/C13H20N2O/c1-2-4-11-7-9-12(10-8-11)5-3-6-13(16)15-14/h7-10H,2-6,14H2,1H3,(H,15,16). The van der Waals surface area contributed by atoms with Gasteiger partial charge in [0.1, 0.15) is 0 Å². The van der Waals surface area contributed by atoms with Crippen LogP contribution in [0.4, 0.5) is 0 Å². The van der Waals surface area contributed by atoms with Gasteiger partial charge in [0.15, 0.2) is 0 Å². The lowest BCUT2D eigenvalue weighted by Gasteiger charge is -2.03. The van der Waals surface area contributed by atoms with Crippen molar-refractivity contribution in [3.63, 3.8) is 0 Å². The summed E-state index contributed by atoms with van der Waals surface area (Å²) in [5.74, 6) is 4.91. The van der Waals surface area contributed by atoms with Gasteiger partial charge in [-0.15, -0.1) is 0 Å². The number of aryl methyl sites for hydroxylation is 2. The van der Waals surface area contributed by atoms with Crippen molar-refractivity contribution in [2.75, 3.05) is 0 Å². The maximum absolute atomic E-state index is 10.9. The number of nitrogens with two attached hydrogens (primary N) is 1. The highest BCUT2D eigenvalue weighted by molar-refractivity contribution is 5.75. The van der Waals surface area contributed by atoms with E-state index in [4.69, 9.17) is 5.84 Å². The van der Waals surface area contributed by atoms with E-state index in [1.807, 2.05) is 0 Å². The number of amides is 1. The molecule has 0 unspecified atom stereocenters. The first-order chi connectivity index (χ1) is 7.76. The average Bonchev–Trinajstić information content (AvgIpc) is 2.31. The van der Waals surface area contributed by atoms with E-state index in [-0.39, 0.29) is 5.91 Å². The number of hydrogen-bond donors (Lipinski definition) is 2. The molecule has 0 radical (unpaired) electrons. The predicted molar refractivity (Wildman–Crippen MR) is 65.7 cm³/mol. The van der Waals surface area contributed by atoms with Gasteiger partial charge in [0.25, 0.3) is 0 Å². The molecule has 88 valence electrons. The summed E-state index contributed by atoms with van der Waals surface area (Å²) in [4.78, 5) is 10.9. The van der Waals surface area contributed by atoms with E-state index in [0.717, 1.165) is 19.3 Å². The normalized spacial score (nSPS) is 10.1. The maximum atomic E-state index is 10.9. The van der Waals surface area contributed by atoms with Crippen molar-refractivity contribution in [3.8, 4) is 0 Å². The van der Waals surface area contributed by atoms with Gasteiger partial charge in [-0.25, -0.2) is 5.84 Å². The molecule has 0 saturated carbocycles. The highest BCUT2D eigenvalue weighted by Gasteiger charge is 1.99. The van der Waals surface area contributed by atoms with Crippen molar-refractivity contribution in [2.24, 2.45) is 5.84 Å². The highest BCUT2D eigenvalue weighted by atomic mass is 16.2. The third-order valence-corrected chi connectivity index (χ3v) is 2.59. The molecular weight excluding hydrogens is 200 g/mol. The van der Waals surface area contributed by atoms with Crippen LogP contribution in [-0.2, 0) is 17.6 Å². The SMILES string of the molecule is CCCc1ccc(CCCC(=O)NN)cc1. The van der Waals surface area contributed by atoms with Crippen LogP contribution in [0.1, 0.15) is 37.3 Å². The van der Waals surface area contributed by atoms with Gasteiger partial charge in [0, 0.05) is 6.42 Å². The minimum absolute atomic E-state index is 0.0948. The van der Waals surface area contributed by atoms with Crippen molar-refractivity contribution < 1.29 is 4.79 Å². The van der Waals surface area contributed by atoms with Crippen LogP contribution in [0, 0.1) is 0 Å². The van der Waals surface area contributed by atoms with Crippen LogP contribution in [-0.4, -0.2) is 5.91 Å². The van der Waals surface area contributed by atoms with Crippen LogP contribution in [0.5, 0.6) is 0 Å². The molecular formula is C13H20N2O. The van der Waals surface area contributed by atoms with E-state index in [0.29, 0.717) is 6.42 Å². The monoisotopic (exact) mass is 220 g/mol. The molecule has 0 atom stereocenters. The number of carbonyl (C=O) groups is 1. The summed E-state index contributed by atoms with van der Waals surface area (Å²) < 4.78 is 0. The summed E-state index contributed by atoms with van der Waals surface area (Å²) in [6, 6.07) is 8.63. The van der Waals surface area contributed by atoms with Crippen LogP contribution in [0.15, 0.2) is 24.3 Å². The molecule has 3 heteroatoms. The zero-order valence-corrected chi connectivity index (χ0v) is 9.83. The Hall–Kier alpha value is -1.35. The molecule has 0 aliphatic rings. The predicted octanol–water partition coefficient (Wildman–Crippen LogP) is 1.95. The summed E-state index contributed by atoms with van der Waals surface area (Å²) in [5.41, 5.74) is 4.80. The lowest BCUT2D eigenvalue weighted by atomic mass is 10.0. The molecule has 0 aromatic heterocycles. The average molecular weight is 220 g/mol. The van der Waals surface area contributed by atoms with Gasteiger partial charge >= 0.3 is 0 Å². The van der Waals surface area contributed by atoms with Crippen molar-refractivity contribution in [1.82, 2.24) is 5.43 Å². The first-order valence-electron chi connectivity index (χ1n) is 5.83. The van der Waals surface area contributed by atoms with Crippen LogP contribution in [0.25, 0.3) is 0 Å². The van der Waals surface area contributed by atoms with Gasteiger partial charge in [-0.2, -0.15) is 0 Å². The van der Waals surface area contributed by atoms with Gasteiger partial charge in [-0.3, -0.25) is 10.2 Å². The Morgan fingerprint density at radius 1 is 1.19 bits per heavy atom.